The second kappa shape index (κ2) is 10.9. The number of hydrogen-bond acceptors (Lipinski definition) is 7. The van der Waals surface area contributed by atoms with E-state index < -0.39 is 28.5 Å². The summed E-state index contributed by atoms with van der Waals surface area (Å²) >= 11 is 0. The molecule has 9 nitrogen and oxygen atoms in total. The number of nitrogens with zero attached hydrogens (tertiary/aromatic N) is 1. The average Bonchev–Trinajstić information content (AvgIpc) is 2.99. The van der Waals surface area contributed by atoms with Crippen molar-refractivity contribution in [3.05, 3.63) is 48.0 Å². The number of nitrogens with one attached hydrogen (secondary N) is 1. The Bertz CT molecular complexity index is 1220. The Morgan fingerprint density at radius 1 is 1.03 bits per heavy atom. The van der Waals surface area contributed by atoms with Crippen LogP contribution in [0.4, 0.5) is 5.69 Å². The predicted octanol–water partition coefficient (Wildman–Crippen LogP) is 3.53. The molecule has 0 radical (unpaired) electrons. The molecule has 1 fully saturated rings. The van der Waals surface area contributed by atoms with E-state index in [-0.39, 0.29) is 17.1 Å². The number of anilines is 1. The van der Waals surface area contributed by atoms with Crippen LogP contribution in [0.3, 0.4) is 0 Å². The van der Waals surface area contributed by atoms with Crippen LogP contribution in [0.25, 0.3) is 0 Å². The van der Waals surface area contributed by atoms with Crippen molar-refractivity contribution in [1.82, 2.24) is 4.31 Å². The number of ether oxygens (including phenoxy) is 3. The van der Waals surface area contributed by atoms with Crippen molar-refractivity contribution >= 4 is 27.6 Å². The number of esters is 1. The lowest BCUT2D eigenvalue weighted by Crippen LogP contribution is -2.32. The minimum Gasteiger partial charge on any atom is -0.483 e. The van der Waals surface area contributed by atoms with Crippen molar-refractivity contribution in [2.24, 2.45) is 0 Å². The number of amides is 1. The largest absolute Gasteiger partial charge is 0.483 e. The van der Waals surface area contributed by atoms with E-state index in [0.29, 0.717) is 30.3 Å². The Morgan fingerprint density at radius 2 is 1.75 bits per heavy atom. The SMILES string of the molecule is CC1(C)Cc2cccc(OCC(=O)OCC(=O)Nc3cccc(S(=O)(=O)N4CCCCCC4)c3)c2O1. The van der Waals surface area contributed by atoms with Gasteiger partial charge >= 0.3 is 5.97 Å². The van der Waals surface area contributed by atoms with Gasteiger partial charge in [-0.15, -0.1) is 0 Å². The summed E-state index contributed by atoms with van der Waals surface area (Å²) in [6.45, 7) is 4.03. The molecular weight excluding hydrogens is 484 g/mol. The van der Waals surface area contributed by atoms with Gasteiger partial charge in [0.1, 0.15) is 5.60 Å². The first-order valence-corrected chi connectivity index (χ1v) is 13.6. The third kappa shape index (κ3) is 6.36. The van der Waals surface area contributed by atoms with Crippen molar-refractivity contribution < 1.29 is 32.2 Å². The third-order valence-electron chi connectivity index (χ3n) is 6.09. The maximum atomic E-state index is 13.0. The second-order valence-electron chi connectivity index (χ2n) is 9.63. The molecule has 194 valence electrons. The van der Waals surface area contributed by atoms with Gasteiger partial charge in [0.05, 0.1) is 4.90 Å². The summed E-state index contributed by atoms with van der Waals surface area (Å²) < 4.78 is 44.0. The number of fused-ring (bicyclic) bond motifs is 1. The van der Waals surface area contributed by atoms with Crippen LogP contribution in [0.5, 0.6) is 11.5 Å². The normalized spacial score (nSPS) is 17.4. The topological polar surface area (TPSA) is 111 Å². The highest BCUT2D eigenvalue weighted by molar-refractivity contribution is 7.89. The van der Waals surface area contributed by atoms with Crippen molar-refractivity contribution in [3.8, 4) is 11.5 Å². The molecule has 4 rings (SSSR count). The third-order valence-corrected chi connectivity index (χ3v) is 7.98. The number of benzene rings is 2. The van der Waals surface area contributed by atoms with Crippen LogP contribution in [0.2, 0.25) is 0 Å². The van der Waals surface area contributed by atoms with E-state index in [2.05, 4.69) is 5.32 Å². The highest BCUT2D eigenvalue weighted by Crippen LogP contribution is 2.41. The van der Waals surface area contributed by atoms with Gasteiger partial charge in [0, 0.05) is 30.8 Å². The lowest BCUT2D eigenvalue weighted by Gasteiger charge is -2.20. The summed E-state index contributed by atoms with van der Waals surface area (Å²) in [5.74, 6) is -0.235. The van der Waals surface area contributed by atoms with Gasteiger partial charge in [0.15, 0.2) is 24.7 Å². The molecule has 2 aromatic carbocycles. The highest BCUT2D eigenvalue weighted by Gasteiger charge is 2.32. The van der Waals surface area contributed by atoms with Crippen LogP contribution in [-0.2, 0) is 30.8 Å². The molecule has 0 aromatic heterocycles. The van der Waals surface area contributed by atoms with Gasteiger partial charge in [-0.2, -0.15) is 4.31 Å². The molecule has 2 aromatic rings. The Balaban J connectivity index is 1.28. The first-order chi connectivity index (χ1) is 17.1. The fraction of sp³-hybridized carbons (Fsp3) is 0.462. The summed E-state index contributed by atoms with van der Waals surface area (Å²) in [6.07, 6.45) is 4.45. The number of rotatable bonds is 8. The Morgan fingerprint density at radius 3 is 2.50 bits per heavy atom. The fourth-order valence-corrected chi connectivity index (χ4v) is 5.95. The maximum Gasteiger partial charge on any atom is 0.344 e. The molecule has 10 heteroatoms. The van der Waals surface area contributed by atoms with Gasteiger partial charge in [-0.3, -0.25) is 4.79 Å². The van der Waals surface area contributed by atoms with Gasteiger partial charge in [0.2, 0.25) is 10.0 Å². The van der Waals surface area contributed by atoms with Crippen LogP contribution in [0, 0.1) is 0 Å². The molecular formula is C26H32N2O7S. The van der Waals surface area contributed by atoms with Crippen molar-refractivity contribution in [2.45, 2.75) is 56.4 Å². The molecule has 1 saturated heterocycles. The smallest absolute Gasteiger partial charge is 0.344 e. The standard InChI is InChI=1S/C26H32N2O7S/c1-26(2)16-19-9-7-12-22(25(19)35-26)33-18-24(30)34-17-23(29)27-20-10-8-11-21(15-20)36(31,32)28-13-5-3-4-6-14-28/h7-12,15H,3-6,13-14,16-18H2,1-2H3,(H,27,29). The van der Waals surface area contributed by atoms with Gasteiger partial charge in [-0.1, -0.05) is 31.0 Å². The summed E-state index contributed by atoms with van der Waals surface area (Å²) in [7, 11) is -3.65. The highest BCUT2D eigenvalue weighted by atomic mass is 32.2. The molecule has 1 amide bonds. The minimum absolute atomic E-state index is 0.119. The summed E-state index contributed by atoms with van der Waals surface area (Å²) in [4.78, 5) is 24.6. The number of hydrogen-bond donors (Lipinski definition) is 1. The molecule has 36 heavy (non-hydrogen) atoms. The van der Waals surface area contributed by atoms with Crippen LogP contribution in [-0.4, -0.2) is 56.5 Å². The zero-order valence-electron chi connectivity index (χ0n) is 20.6. The number of sulfonamides is 1. The monoisotopic (exact) mass is 516 g/mol. The zero-order chi connectivity index (χ0) is 25.8. The molecule has 0 saturated carbocycles. The fourth-order valence-electron chi connectivity index (χ4n) is 4.39. The van der Waals surface area contributed by atoms with Crippen molar-refractivity contribution in [3.63, 3.8) is 0 Å². The van der Waals surface area contributed by atoms with E-state index in [1.807, 2.05) is 26.0 Å². The van der Waals surface area contributed by atoms with Crippen LogP contribution in [0.1, 0.15) is 45.1 Å². The van der Waals surface area contributed by atoms with Crippen molar-refractivity contribution in [2.75, 3.05) is 31.6 Å². The molecule has 0 bridgehead atoms. The average molecular weight is 517 g/mol. The van der Waals surface area contributed by atoms with E-state index in [4.69, 9.17) is 14.2 Å². The molecule has 2 aliphatic rings. The molecule has 0 spiro atoms. The summed E-state index contributed by atoms with van der Waals surface area (Å²) in [6, 6.07) is 11.6. The van der Waals surface area contributed by atoms with Gasteiger partial charge < -0.3 is 19.5 Å². The van der Waals surface area contributed by atoms with E-state index in [0.717, 1.165) is 37.7 Å². The Kier molecular flexibility index (Phi) is 7.85. The van der Waals surface area contributed by atoms with Crippen LogP contribution < -0.4 is 14.8 Å². The van der Waals surface area contributed by atoms with Gasteiger partial charge in [0.25, 0.3) is 5.91 Å². The molecule has 2 aliphatic heterocycles. The lowest BCUT2D eigenvalue weighted by atomic mass is 10.0. The maximum absolute atomic E-state index is 13.0. The molecule has 1 N–H and O–H groups in total. The zero-order valence-corrected chi connectivity index (χ0v) is 21.4. The van der Waals surface area contributed by atoms with E-state index in [9.17, 15) is 18.0 Å². The quantitative estimate of drug-likeness (QED) is 0.535. The summed E-state index contributed by atoms with van der Waals surface area (Å²) in [5.41, 5.74) is 0.970. The molecule has 2 heterocycles. The number of para-hydroxylation sites is 1. The molecule has 0 atom stereocenters. The first kappa shape index (κ1) is 26.0. The first-order valence-electron chi connectivity index (χ1n) is 12.1. The minimum atomic E-state index is -3.65. The predicted molar refractivity (Wildman–Crippen MR) is 134 cm³/mol. The lowest BCUT2D eigenvalue weighted by molar-refractivity contribution is -0.149. The van der Waals surface area contributed by atoms with Gasteiger partial charge in [-0.25, -0.2) is 13.2 Å². The summed E-state index contributed by atoms with van der Waals surface area (Å²) in [5, 5.41) is 2.58. The molecule has 0 unspecified atom stereocenters. The molecule has 0 aliphatic carbocycles. The van der Waals surface area contributed by atoms with Crippen LogP contribution in [0.15, 0.2) is 47.4 Å². The van der Waals surface area contributed by atoms with Crippen molar-refractivity contribution in [1.29, 1.82) is 0 Å². The second-order valence-corrected chi connectivity index (χ2v) is 11.6. The Labute approximate surface area is 211 Å². The van der Waals surface area contributed by atoms with Gasteiger partial charge in [-0.05, 0) is 51.0 Å². The van der Waals surface area contributed by atoms with E-state index >= 15 is 0 Å². The van der Waals surface area contributed by atoms with E-state index in [1.165, 1.54) is 16.4 Å². The van der Waals surface area contributed by atoms with E-state index in [1.54, 1.807) is 18.2 Å². The number of carbonyl (C=O) groups is 2. The van der Waals surface area contributed by atoms with Crippen LogP contribution >= 0.6 is 0 Å². The number of carbonyl (C=O) groups excluding carboxylic acids is 2. The Hall–Kier alpha value is -3.11.